The Morgan fingerprint density at radius 1 is 1.19 bits per heavy atom. The van der Waals surface area contributed by atoms with Crippen molar-refractivity contribution in [1.29, 1.82) is 0 Å². The van der Waals surface area contributed by atoms with Crippen LogP contribution >= 0.6 is 0 Å². The van der Waals surface area contributed by atoms with Crippen molar-refractivity contribution in [3.63, 3.8) is 0 Å². The number of carbonyl (C=O) groups is 1. The van der Waals surface area contributed by atoms with Crippen LogP contribution in [0, 0.1) is 5.82 Å². The highest BCUT2D eigenvalue weighted by Crippen LogP contribution is 2.17. The Morgan fingerprint density at radius 3 is 2.43 bits per heavy atom. The summed E-state index contributed by atoms with van der Waals surface area (Å²) in [6, 6.07) is 12.5. The zero-order valence-corrected chi connectivity index (χ0v) is 12.3. The van der Waals surface area contributed by atoms with Gasteiger partial charge in [0, 0.05) is 18.4 Å². The first-order valence-electron chi connectivity index (χ1n) is 6.24. The van der Waals surface area contributed by atoms with E-state index >= 15 is 0 Å². The molecule has 21 heavy (non-hydrogen) atoms. The number of halogens is 1. The number of nitrogen functional groups attached to an aromatic ring is 1. The van der Waals surface area contributed by atoms with E-state index in [1.54, 1.807) is 37.4 Å². The van der Waals surface area contributed by atoms with E-state index in [-0.39, 0.29) is 16.6 Å². The molecule has 2 aromatic carbocycles. The highest BCUT2D eigenvalue weighted by Gasteiger charge is 2.17. The Morgan fingerprint density at radius 2 is 1.81 bits per heavy atom. The van der Waals surface area contributed by atoms with Crippen LogP contribution in [0.2, 0.25) is 0 Å². The molecule has 0 aliphatic rings. The van der Waals surface area contributed by atoms with Gasteiger partial charge in [-0.3, -0.25) is 9.00 Å². The molecule has 0 heterocycles. The molecule has 4 nitrogen and oxygen atoms in total. The number of anilines is 2. The number of rotatable bonds is 4. The fourth-order valence-electron chi connectivity index (χ4n) is 1.76. The van der Waals surface area contributed by atoms with Crippen LogP contribution in [0.3, 0.4) is 0 Å². The lowest BCUT2D eigenvalue weighted by Gasteiger charge is -2.17. The molecule has 2 rings (SSSR count). The van der Waals surface area contributed by atoms with Gasteiger partial charge in [-0.25, -0.2) is 4.39 Å². The number of carbonyl (C=O) groups excluding carboxylic acids is 1. The van der Waals surface area contributed by atoms with Crippen molar-refractivity contribution in [2.75, 3.05) is 23.4 Å². The van der Waals surface area contributed by atoms with E-state index in [0.717, 1.165) is 0 Å². The zero-order chi connectivity index (χ0) is 15.4. The Labute approximate surface area is 124 Å². The molecule has 1 amide bonds. The quantitative estimate of drug-likeness (QED) is 0.881. The van der Waals surface area contributed by atoms with Gasteiger partial charge in [0.25, 0.3) is 0 Å². The van der Waals surface area contributed by atoms with Crippen LogP contribution in [-0.4, -0.2) is 22.9 Å². The van der Waals surface area contributed by atoms with E-state index in [2.05, 4.69) is 0 Å². The Kier molecular flexibility index (Phi) is 4.70. The second kappa shape index (κ2) is 6.49. The number of hydrogen-bond acceptors (Lipinski definition) is 3. The molecular formula is C15H15FN2O2S. The largest absolute Gasteiger partial charge is 0.399 e. The van der Waals surface area contributed by atoms with Gasteiger partial charge in [0.2, 0.25) is 5.91 Å². The van der Waals surface area contributed by atoms with Crippen LogP contribution in [0.1, 0.15) is 0 Å². The summed E-state index contributed by atoms with van der Waals surface area (Å²) in [5.74, 6) is -1.21. The molecule has 0 fully saturated rings. The highest BCUT2D eigenvalue weighted by molar-refractivity contribution is 7.85. The maximum absolute atomic E-state index is 13.5. The minimum atomic E-state index is -1.71. The van der Waals surface area contributed by atoms with Gasteiger partial charge in [0.1, 0.15) is 11.6 Å². The summed E-state index contributed by atoms with van der Waals surface area (Å²) in [5, 5.41) is 0. The van der Waals surface area contributed by atoms with Gasteiger partial charge in [0.15, 0.2) is 0 Å². The first kappa shape index (κ1) is 15.2. The topological polar surface area (TPSA) is 63.4 Å². The molecule has 0 aliphatic carbocycles. The lowest BCUT2D eigenvalue weighted by molar-refractivity contribution is -0.115. The Hall–Kier alpha value is -2.21. The smallest absolute Gasteiger partial charge is 0.239 e. The molecule has 1 unspecified atom stereocenters. The Balaban J connectivity index is 2.09. The molecule has 0 aromatic heterocycles. The summed E-state index contributed by atoms with van der Waals surface area (Å²) in [4.78, 5) is 13.5. The van der Waals surface area contributed by atoms with Crippen LogP contribution in [0.25, 0.3) is 0 Å². The molecular weight excluding hydrogens is 291 g/mol. The maximum Gasteiger partial charge on any atom is 0.239 e. The fourth-order valence-corrected chi connectivity index (χ4v) is 2.85. The third kappa shape index (κ3) is 3.66. The summed E-state index contributed by atoms with van der Waals surface area (Å²) >= 11 is 0. The summed E-state index contributed by atoms with van der Waals surface area (Å²) in [6.45, 7) is 0. The van der Waals surface area contributed by atoms with E-state index in [0.29, 0.717) is 11.4 Å². The van der Waals surface area contributed by atoms with E-state index in [1.807, 2.05) is 0 Å². The van der Waals surface area contributed by atoms with E-state index in [1.165, 1.54) is 23.1 Å². The predicted molar refractivity (Wildman–Crippen MR) is 81.9 cm³/mol. The minimum absolute atomic E-state index is 0.0385. The number of amides is 1. The van der Waals surface area contributed by atoms with Gasteiger partial charge in [-0.2, -0.15) is 0 Å². The van der Waals surface area contributed by atoms with Crippen molar-refractivity contribution in [2.45, 2.75) is 4.90 Å². The van der Waals surface area contributed by atoms with E-state index in [9.17, 15) is 13.4 Å². The van der Waals surface area contributed by atoms with Gasteiger partial charge in [0.05, 0.1) is 15.7 Å². The molecule has 110 valence electrons. The van der Waals surface area contributed by atoms with Gasteiger partial charge in [-0.05, 0) is 36.4 Å². The van der Waals surface area contributed by atoms with Gasteiger partial charge in [-0.1, -0.05) is 12.1 Å². The van der Waals surface area contributed by atoms with Gasteiger partial charge < -0.3 is 10.6 Å². The standard InChI is InChI=1S/C15H15FN2O2S/c1-18(12-8-6-11(17)7-9-12)15(19)10-21(20)14-5-3-2-4-13(14)16/h2-9H,10,17H2,1H3. The third-order valence-electron chi connectivity index (χ3n) is 2.99. The molecule has 0 radical (unpaired) electrons. The molecule has 0 aliphatic heterocycles. The van der Waals surface area contributed by atoms with Crippen molar-refractivity contribution in [2.24, 2.45) is 0 Å². The third-order valence-corrected chi connectivity index (χ3v) is 4.32. The van der Waals surface area contributed by atoms with E-state index in [4.69, 9.17) is 5.73 Å². The average Bonchev–Trinajstić information content (AvgIpc) is 2.47. The second-order valence-corrected chi connectivity index (χ2v) is 5.88. The van der Waals surface area contributed by atoms with Crippen molar-refractivity contribution in [3.8, 4) is 0 Å². The predicted octanol–water partition coefficient (Wildman–Crippen LogP) is 2.18. The van der Waals surface area contributed by atoms with Crippen LogP contribution in [0.4, 0.5) is 15.8 Å². The second-order valence-electron chi connectivity index (χ2n) is 4.46. The molecule has 0 bridgehead atoms. The summed E-state index contributed by atoms with van der Waals surface area (Å²) in [6.07, 6.45) is 0. The molecule has 0 spiro atoms. The summed E-state index contributed by atoms with van der Waals surface area (Å²) < 4.78 is 25.6. The minimum Gasteiger partial charge on any atom is -0.399 e. The van der Waals surface area contributed by atoms with Crippen molar-refractivity contribution < 1.29 is 13.4 Å². The van der Waals surface area contributed by atoms with Crippen molar-refractivity contribution >= 4 is 28.1 Å². The molecule has 0 saturated carbocycles. The number of hydrogen-bond donors (Lipinski definition) is 1. The van der Waals surface area contributed by atoms with Crippen LogP contribution in [0.15, 0.2) is 53.4 Å². The normalized spacial score (nSPS) is 11.9. The van der Waals surface area contributed by atoms with Crippen molar-refractivity contribution in [3.05, 3.63) is 54.3 Å². The van der Waals surface area contributed by atoms with Gasteiger partial charge >= 0.3 is 0 Å². The van der Waals surface area contributed by atoms with Gasteiger partial charge in [-0.15, -0.1) is 0 Å². The monoisotopic (exact) mass is 306 g/mol. The molecule has 2 N–H and O–H groups in total. The molecule has 2 aromatic rings. The number of nitrogens with two attached hydrogens (primary N) is 1. The molecule has 1 atom stereocenters. The Bertz CT molecular complexity index is 674. The first-order valence-corrected chi connectivity index (χ1v) is 7.56. The highest BCUT2D eigenvalue weighted by atomic mass is 32.2. The summed E-state index contributed by atoms with van der Waals surface area (Å²) in [5.41, 5.74) is 6.81. The molecule has 0 saturated heterocycles. The lowest BCUT2D eigenvalue weighted by atomic mass is 10.2. The van der Waals surface area contributed by atoms with Crippen LogP contribution in [-0.2, 0) is 15.6 Å². The number of benzene rings is 2. The zero-order valence-electron chi connectivity index (χ0n) is 11.5. The van der Waals surface area contributed by atoms with Crippen molar-refractivity contribution in [1.82, 2.24) is 0 Å². The summed E-state index contributed by atoms with van der Waals surface area (Å²) in [7, 11) is -0.139. The number of nitrogens with zero attached hydrogens (tertiary/aromatic N) is 1. The van der Waals surface area contributed by atoms with E-state index < -0.39 is 16.6 Å². The maximum atomic E-state index is 13.5. The molecule has 6 heteroatoms. The fraction of sp³-hybridized carbons (Fsp3) is 0.133. The SMILES string of the molecule is CN(C(=O)CS(=O)c1ccccc1F)c1ccc(N)cc1. The average molecular weight is 306 g/mol. The first-order chi connectivity index (χ1) is 9.99. The van der Waals surface area contributed by atoms with Crippen LogP contribution < -0.4 is 10.6 Å². The van der Waals surface area contributed by atoms with Crippen LogP contribution in [0.5, 0.6) is 0 Å². The lowest BCUT2D eigenvalue weighted by Crippen LogP contribution is -2.30.